The zero-order valence-corrected chi connectivity index (χ0v) is 11.6. The van der Waals surface area contributed by atoms with Crippen molar-refractivity contribution >= 4 is 12.1 Å². The lowest BCUT2D eigenvalue weighted by Crippen LogP contribution is -2.46. The summed E-state index contributed by atoms with van der Waals surface area (Å²) < 4.78 is 10.1. The second kappa shape index (κ2) is 3.87. The molecule has 0 spiro atoms. The predicted molar refractivity (Wildman–Crippen MR) is 65.0 cm³/mol. The maximum atomic E-state index is 12.2. The van der Waals surface area contributed by atoms with Crippen LogP contribution in [0.25, 0.3) is 0 Å². The van der Waals surface area contributed by atoms with E-state index >= 15 is 0 Å². The molecule has 5 heteroatoms. The van der Waals surface area contributed by atoms with Gasteiger partial charge in [-0.1, -0.05) is 6.92 Å². The smallest absolute Gasteiger partial charge is 0.411 e. The first-order valence-electron chi connectivity index (χ1n) is 6.27. The lowest BCUT2D eigenvalue weighted by Gasteiger charge is -2.29. The molecule has 0 aromatic heterocycles. The molecule has 0 unspecified atom stereocenters. The molecule has 1 amide bonds. The van der Waals surface area contributed by atoms with Crippen LogP contribution in [0.5, 0.6) is 0 Å². The second-order valence-electron chi connectivity index (χ2n) is 6.50. The number of esters is 1. The van der Waals surface area contributed by atoms with Gasteiger partial charge in [-0.05, 0) is 39.0 Å². The van der Waals surface area contributed by atoms with E-state index in [-0.39, 0.29) is 17.4 Å². The molecule has 1 heterocycles. The number of carbonyl (C=O) groups excluding carboxylic acids is 2. The first-order chi connectivity index (χ1) is 8.18. The number of fused-ring (bicyclic) bond motifs is 1. The van der Waals surface area contributed by atoms with Crippen molar-refractivity contribution < 1.29 is 19.1 Å². The van der Waals surface area contributed by atoms with Crippen molar-refractivity contribution in [3.8, 4) is 0 Å². The largest absolute Gasteiger partial charge is 0.467 e. The van der Waals surface area contributed by atoms with E-state index in [1.165, 1.54) is 7.11 Å². The number of amides is 1. The topological polar surface area (TPSA) is 55.8 Å². The Kier molecular flexibility index (Phi) is 2.83. The predicted octanol–water partition coefficient (Wildman–Crippen LogP) is 1.95. The Hall–Kier alpha value is -1.26. The number of piperidine rings is 1. The minimum Gasteiger partial charge on any atom is -0.467 e. The second-order valence-corrected chi connectivity index (χ2v) is 6.50. The van der Waals surface area contributed by atoms with E-state index in [2.05, 4.69) is 6.92 Å². The average Bonchev–Trinajstić information content (AvgIpc) is 2.77. The lowest BCUT2D eigenvalue weighted by molar-refractivity contribution is -0.146. The summed E-state index contributed by atoms with van der Waals surface area (Å²) in [6.07, 6.45) is 1.20. The molecule has 0 radical (unpaired) electrons. The van der Waals surface area contributed by atoms with E-state index in [0.717, 1.165) is 6.42 Å². The molecule has 1 aliphatic heterocycles. The van der Waals surface area contributed by atoms with Gasteiger partial charge in [-0.25, -0.2) is 9.59 Å². The summed E-state index contributed by atoms with van der Waals surface area (Å²) in [5.41, 5.74) is -0.485. The summed E-state index contributed by atoms with van der Waals surface area (Å²) in [5.74, 6) is -0.353. The van der Waals surface area contributed by atoms with E-state index in [9.17, 15) is 9.59 Å². The minimum absolute atomic E-state index is 0.0652. The highest BCUT2D eigenvalue weighted by Crippen LogP contribution is 2.59. The number of hydrogen-bond donors (Lipinski definition) is 0. The number of methoxy groups -OCH3 is 1. The average molecular weight is 255 g/mol. The Labute approximate surface area is 107 Å². The van der Waals surface area contributed by atoms with Crippen molar-refractivity contribution in [2.75, 3.05) is 7.11 Å². The van der Waals surface area contributed by atoms with Gasteiger partial charge in [0.25, 0.3) is 0 Å². The summed E-state index contributed by atoms with van der Waals surface area (Å²) >= 11 is 0. The highest BCUT2D eigenvalue weighted by molar-refractivity contribution is 5.83. The summed E-state index contributed by atoms with van der Waals surface area (Å²) in [5, 5.41) is 0. The van der Waals surface area contributed by atoms with Crippen LogP contribution in [0, 0.1) is 5.41 Å². The van der Waals surface area contributed by atoms with Crippen LogP contribution in [0.4, 0.5) is 4.79 Å². The molecule has 0 aromatic carbocycles. The van der Waals surface area contributed by atoms with Crippen molar-refractivity contribution in [2.45, 2.75) is 58.2 Å². The summed E-state index contributed by atoms with van der Waals surface area (Å²) in [4.78, 5) is 25.5. The van der Waals surface area contributed by atoms with Gasteiger partial charge < -0.3 is 9.47 Å². The molecule has 18 heavy (non-hydrogen) atoms. The molecule has 5 nitrogen and oxygen atoms in total. The van der Waals surface area contributed by atoms with Crippen LogP contribution >= 0.6 is 0 Å². The number of carbonyl (C=O) groups is 2. The van der Waals surface area contributed by atoms with Crippen molar-refractivity contribution in [2.24, 2.45) is 5.41 Å². The van der Waals surface area contributed by atoms with Gasteiger partial charge >= 0.3 is 12.1 Å². The fourth-order valence-electron chi connectivity index (χ4n) is 2.70. The number of rotatable bonds is 1. The molecule has 2 aliphatic rings. The Morgan fingerprint density at radius 2 is 1.89 bits per heavy atom. The van der Waals surface area contributed by atoms with Crippen LogP contribution in [0.2, 0.25) is 0 Å². The van der Waals surface area contributed by atoms with Crippen molar-refractivity contribution in [1.29, 1.82) is 0 Å². The molecule has 0 aromatic rings. The van der Waals surface area contributed by atoms with E-state index in [4.69, 9.17) is 9.47 Å². The molecular weight excluding hydrogens is 234 g/mol. The van der Waals surface area contributed by atoms with Crippen LogP contribution in [0.3, 0.4) is 0 Å². The van der Waals surface area contributed by atoms with Gasteiger partial charge in [0.2, 0.25) is 0 Å². The normalized spacial score (nSPS) is 33.9. The van der Waals surface area contributed by atoms with Crippen molar-refractivity contribution in [1.82, 2.24) is 4.90 Å². The van der Waals surface area contributed by atoms with E-state index < -0.39 is 17.7 Å². The van der Waals surface area contributed by atoms with Gasteiger partial charge in [0.1, 0.15) is 11.6 Å². The molecular formula is C13H21NO4. The first-order valence-corrected chi connectivity index (χ1v) is 6.27. The molecule has 1 saturated carbocycles. The maximum absolute atomic E-state index is 12.2. The van der Waals surface area contributed by atoms with Crippen LogP contribution < -0.4 is 0 Å². The molecule has 2 fully saturated rings. The van der Waals surface area contributed by atoms with Gasteiger partial charge in [0.05, 0.1) is 7.11 Å². The highest BCUT2D eigenvalue weighted by atomic mass is 16.6. The number of hydrogen-bond acceptors (Lipinski definition) is 4. The summed E-state index contributed by atoms with van der Waals surface area (Å²) in [7, 11) is 1.35. The van der Waals surface area contributed by atoms with Crippen LogP contribution in [-0.2, 0) is 14.3 Å². The van der Waals surface area contributed by atoms with Crippen LogP contribution in [0.15, 0.2) is 0 Å². The molecule has 0 bridgehead atoms. The lowest BCUT2D eigenvalue weighted by atomic mass is 10.0. The Balaban J connectivity index is 2.14. The molecule has 3 atom stereocenters. The highest BCUT2D eigenvalue weighted by Gasteiger charge is 2.65. The molecule has 2 rings (SSSR count). The van der Waals surface area contributed by atoms with Crippen LogP contribution in [-0.4, -0.2) is 41.8 Å². The number of ether oxygens (including phenoxy) is 2. The van der Waals surface area contributed by atoms with E-state index in [0.29, 0.717) is 6.42 Å². The third kappa shape index (κ3) is 2.18. The van der Waals surface area contributed by atoms with Gasteiger partial charge in [0.15, 0.2) is 0 Å². The minimum atomic E-state index is -0.550. The standard InChI is InChI=1S/C13H21NO4/c1-12(2,3)18-11(16)14-8(10(15)17-5)6-13(4)7-9(13)14/h8-9H,6-7H2,1-5H3/t8-,9+,13-/m0/s1. The van der Waals surface area contributed by atoms with Gasteiger partial charge in [0, 0.05) is 6.04 Å². The number of nitrogens with zero attached hydrogens (tertiary/aromatic N) is 1. The molecule has 0 N–H and O–H groups in total. The van der Waals surface area contributed by atoms with E-state index in [1.54, 1.807) is 4.90 Å². The number of likely N-dealkylation sites (tertiary alicyclic amines) is 1. The zero-order chi connectivity index (χ0) is 13.7. The maximum Gasteiger partial charge on any atom is 0.411 e. The summed E-state index contributed by atoms with van der Waals surface area (Å²) in [6.45, 7) is 7.55. The van der Waals surface area contributed by atoms with Gasteiger partial charge in [-0.15, -0.1) is 0 Å². The van der Waals surface area contributed by atoms with Crippen LogP contribution in [0.1, 0.15) is 40.5 Å². The van der Waals surface area contributed by atoms with Crippen molar-refractivity contribution in [3.05, 3.63) is 0 Å². The quantitative estimate of drug-likeness (QED) is 0.672. The molecule has 1 saturated heterocycles. The zero-order valence-electron chi connectivity index (χ0n) is 11.6. The fraction of sp³-hybridized carbons (Fsp3) is 0.846. The SMILES string of the molecule is COC(=O)[C@@H]1C[C@@]2(C)C[C@H]2N1C(=O)OC(C)(C)C. The van der Waals surface area contributed by atoms with E-state index in [1.807, 2.05) is 20.8 Å². The Morgan fingerprint density at radius 1 is 1.28 bits per heavy atom. The first kappa shape index (κ1) is 13.2. The summed E-state index contributed by atoms with van der Waals surface area (Å²) in [6, 6.07) is -0.370. The Bertz CT molecular complexity index is 387. The fourth-order valence-corrected chi connectivity index (χ4v) is 2.70. The van der Waals surface area contributed by atoms with Crippen molar-refractivity contribution in [3.63, 3.8) is 0 Å². The monoisotopic (exact) mass is 255 g/mol. The third-order valence-electron chi connectivity index (χ3n) is 3.71. The van der Waals surface area contributed by atoms with Gasteiger partial charge in [-0.3, -0.25) is 4.90 Å². The Morgan fingerprint density at radius 3 is 2.39 bits per heavy atom. The molecule has 1 aliphatic carbocycles. The van der Waals surface area contributed by atoms with Gasteiger partial charge in [-0.2, -0.15) is 0 Å². The molecule has 102 valence electrons. The third-order valence-corrected chi connectivity index (χ3v) is 3.71.